The van der Waals surface area contributed by atoms with Gasteiger partial charge >= 0.3 is 0 Å². The number of nitrogens with two attached hydrogens (primary N) is 1. The van der Waals surface area contributed by atoms with Crippen molar-refractivity contribution in [2.75, 3.05) is 36.7 Å². The summed E-state index contributed by atoms with van der Waals surface area (Å²) < 4.78 is 0. The normalized spacial score (nSPS) is 12.4. The first kappa shape index (κ1) is 14.9. The minimum atomic E-state index is -0.144. The van der Waals surface area contributed by atoms with E-state index in [2.05, 4.69) is 11.6 Å². The van der Waals surface area contributed by atoms with E-state index in [9.17, 15) is 4.79 Å². The first-order valence-electron chi connectivity index (χ1n) is 5.90. The molecule has 1 aromatic rings. The lowest BCUT2D eigenvalue weighted by Crippen LogP contribution is -2.40. The number of anilines is 2. The molecule has 0 aliphatic carbocycles. The molecule has 1 unspecified atom stereocenters. The van der Waals surface area contributed by atoms with Gasteiger partial charge in [-0.1, -0.05) is 0 Å². The molecule has 0 saturated heterocycles. The molecule has 100 valence electrons. The molecular weight excluding hydrogens is 246 g/mol. The second-order valence-corrected chi connectivity index (χ2v) is 5.25. The van der Waals surface area contributed by atoms with Gasteiger partial charge in [0.25, 0.3) is 0 Å². The average Bonchev–Trinajstić information content (AvgIpc) is 2.37. The number of thioether (sulfide) groups is 1. The highest BCUT2D eigenvalue weighted by atomic mass is 32.2. The van der Waals surface area contributed by atoms with Crippen molar-refractivity contribution in [2.24, 2.45) is 0 Å². The second-order valence-electron chi connectivity index (χ2n) is 4.26. The maximum Gasteiger partial charge on any atom is 0.241 e. The van der Waals surface area contributed by atoms with Crippen molar-refractivity contribution < 1.29 is 4.79 Å². The van der Waals surface area contributed by atoms with E-state index in [0.29, 0.717) is 5.69 Å². The molecule has 0 radical (unpaired) electrons. The van der Waals surface area contributed by atoms with Crippen LogP contribution in [0.4, 0.5) is 11.4 Å². The topological polar surface area (TPSA) is 58.4 Å². The smallest absolute Gasteiger partial charge is 0.241 e. The Bertz CT molecular complexity index is 380. The van der Waals surface area contributed by atoms with Crippen LogP contribution in [-0.2, 0) is 4.79 Å². The fourth-order valence-corrected chi connectivity index (χ4v) is 1.91. The molecule has 0 aromatic heterocycles. The predicted octanol–water partition coefficient (Wildman–Crippen LogP) is 1.89. The molecule has 5 heteroatoms. The van der Waals surface area contributed by atoms with Crippen LogP contribution in [0.25, 0.3) is 0 Å². The zero-order valence-corrected chi connectivity index (χ0v) is 12.0. The minimum Gasteiger partial charge on any atom is -0.399 e. The van der Waals surface area contributed by atoms with Gasteiger partial charge in [-0.05, 0) is 44.5 Å². The van der Waals surface area contributed by atoms with Crippen LogP contribution in [0.15, 0.2) is 24.3 Å². The number of hydrogen-bond acceptors (Lipinski definition) is 4. The molecule has 0 spiro atoms. The van der Waals surface area contributed by atoms with Crippen molar-refractivity contribution in [3.8, 4) is 0 Å². The van der Waals surface area contributed by atoms with Gasteiger partial charge in [-0.3, -0.25) is 9.69 Å². The number of rotatable bonds is 6. The molecule has 0 bridgehead atoms. The molecule has 0 aliphatic rings. The monoisotopic (exact) mass is 267 g/mol. The number of benzene rings is 1. The summed E-state index contributed by atoms with van der Waals surface area (Å²) in [6, 6.07) is 7.02. The van der Waals surface area contributed by atoms with Crippen molar-refractivity contribution >= 4 is 29.0 Å². The van der Waals surface area contributed by atoms with E-state index >= 15 is 0 Å². The van der Waals surface area contributed by atoms with Gasteiger partial charge in [0.2, 0.25) is 5.91 Å². The quantitative estimate of drug-likeness (QED) is 0.773. The fraction of sp³-hybridized carbons (Fsp3) is 0.462. The molecule has 0 fully saturated rings. The van der Waals surface area contributed by atoms with Crippen molar-refractivity contribution in [1.29, 1.82) is 0 Å². The SMILES string of the molecule is CSCCN(C)C(C)C(=O)Nc1ccc(N)cc1. The van der Waals surface area contributed by atoms with Gasteiger partial charge < -0.3 is 11.1 Å². The van der Waals surface area contributed by atoms with E-state index in [-0.39, 0.29) is 11.9 Å². The van der Waals surface area contributed by atoms with Crippen LogP contribution in [0.5, 0.6) is 0 Å². The van der Waals surface area contributed by atoms with Crippen LogP contribution in [0.3, 0.4) is 0 Å². The summed E-state index contributed by atoms with van der Waals surface area (Å²) in [4.78, 5) is 14.1. The number of nitrogens with zero attached hydrogens (tertiary/aromatic N) is 1. The van der Waals surface area contributed by atoms with Crippen LogP contribution < -0.4 is 11.1 Å². The van der Waals surface area contributed by atoms with Crippen LogP contribution in [0.1, 0.15) is 6.92 Å². The van der Waals surface area contributed by atoms with E-state index in [1.54, 1.807) is 23.9 Å². The highest BCUT2D eigenvalue weighted by molar-refractivity contribution is 7.98. The zero-order valence-electron chi connectivity index (χ0n) is 11.1. The van der Waals surface area contributed by atoms with Crippen LogP contribution in [0, 0.1) is 0 Å². The molecule has 1 atom stereocenters. The van der Waals surface area contributed by atoms with Crippen molar-refractivity contribution in [3.05, 3.63) is 24.3 Å². The first-order chi connectivity index (χ1) is 8.54. The summed E-state index contributed by atoms with van der Waals surface area (Å²) in [5.41, 5.74) is 7.07. The number of hydrogen-bond donors (Lipinski definition) is 2. The maximum atomic E-state index is 12.0. The molecule has 0 heterocycles. The van der Waals surface area contributed by atoms with Gasteiger partial charge in [0.15, 0.2) is 0 Å². The number of nitrogens with one attached hydrogen (secondary N) is 1. The maximum absolute atomic E-state index is 12.0. The second kappa shape index (κ2) is 7.28. The van der Waals surface area contributed by atoms with Crippen molar-refractivity contribution in [1.82, 2.24) is 4.90 Å². The highest BCUT2D eigenvalue weighted by Crippen LogP contribution is 2.11. The Morgan fingerprint density at radius 2 is 2.06 bits per heavy atom. The molecule has 3 N–H and O–H groups in total. The Balaban J connectivity index is 2.51. The van der Waals surface area contributed by atoms with E-state index in [0.717, 1.165) is 18.0 Å². The third kappa shape index (κ3) is 4.58. The van der Waals surface area contributed by atoms with Crippen molar-refractivity contribution in [2.45, 2.75) is 13.0 Å². The molecular formula is C13H21N3OS. The van der Waals surface area contributed by atoms with Gasteiger partial charge in [0.1, 0.15) is 0 Å². The Labute approximate surface area is 113 Å². The fourth-order valence-electron chi connectivity index (χ4n) is 1.44. The third-order valence-corrected chi connectivity index (χ3v) is 3.46. The van der Waals surface area contributed by atoms with E-state index in [4.69, 9.17) is 5.73 Å². The number of likely N-dealkylation sites (N-methyl/N-ethyl adjacent to an activating group) is 1. The summed E-state index contributed by atoms with van der Waals surface area (Å²) in [7, 11) is 1.96. The van der Waals surface area contributed by atoms with Crippen LogP contribution in [0.2, 0.25) is 0 Å². The van der Waals surface area contributed by atoms with Crippen LogP contribution >= 0.6 is 11.8 Å². The van der Waals surface area contributed by atoms with E-state index < -0.39 is 0 Å². The minimum absolute atomic E-state index is 0.00312. The van der Waals surface area contributed by atoms with Gasteiger partial charge in [-0.25, -0.2) is 0 Å². The lowest BCUT2D eigenvalue weighted by Gasteiger charge is -2.23. The summed E-state index contributed by atoms with van der Waals surface area (Å²) >= 11 is 1.78. The third-order valence-electron chi connectivity index (χ3n) is 2.87. The van der Waals surface area contributed by atoms with E-state index in [1.165, 1.54) is 0 Å². The summed E-state index contributed by atoms with van der Waals surface area (Å²) in [5.74, 6) is 1.03. The lowest BCUT2D eigenvalue weighted by molar-refractivity contribution is -0.120. The largest absolute Gasteiger partial charge is 0.399 e. The first-order valence-corrected chi connectivity index (χ1v) is 7.29. The van der Waals surface area contributed by atoms with Gasteiger partial charge in [-0.15, -0.1) is 0 Å². The Hall–Kier alpha value is -1.20. The average molecular weight is 267 g/mol. The molecule has 4 nitrogen and oxygen atoms in total. The Morgan fingerprint density at radius 3 is 2.61 bits per heavy atom. The molecule has 1 amide bonds. The van der Waals surface area contributed by atoms with E-state index in [1.807, 2.05) is 31.0 Å². The molecule has 1 aromatic carbocycles. The number of amides is 1. The molecule has 0 aliphatic heterocycles. The molecule has 0 saturated carbocycles. The van der Waals surface area contributed by atoms with Crippen molar-refractivity contribution in [3.63, 3.8) is 0 Å². The Kier molecular flexibility index (Phi) is 6.01. The van der Waals surface area contributed by atoms with Gasteiger partial charge in [0.05, 0.1) is 6.04 Å². The number of nitrogen functional groups attached to an aromatic ring is 1. The highest BCUT2D eigenvalue weighted by Gasteiger charge is 2.17. The zero-order chi connectivity index (χ0) is 13.5. The summed E-state index contributed by atoms with van der Waals surface area (Å²) in [6.07, 6.45) is 2.06. The van der Waals surface area contributed by atoms with Gasteiger partial charge in [0, 0.05) is 23.7 Å². The number of carbonyl (C=O) groups is 1. The van der Waals surface area contributed by atoms with Crippen LogP contribution in [-0.4, -0.2) is 42.4 Å². The lowest BCUT2D eigenvalue weighted by atomic mass is 10.2. The predicted molar refractivity (Wildman–Crippen MR) is 80.0 cm³/mol. The molecule has 18 heavy (non-hydrogen) atoms. The number of carbonyl (C=O) groups excluding carboxylic acids is 1. The Morgan fingerprint density at radius 1 is 1.44 bits per heavy atom. The molecule has 1 rings (SSSR count). The standard InChI is InChI=1S/C13H21N3OS/c1-10(16(2)8-9-18-3)13(17)15-12-6-4-11(14)5-7-12/h4-7,10H,8-9,14H2,1-3H3,(H,15,17). The summed E-state index contributed by atoms with van der Waals surface area (Å²) in [6.45, 7) is 2.81. The summed E-state index contributed by atoms with van der Waals surface area (Å²) in [5, 5.41) is 2.88. The van der Waals surface area contributed by atoms with Gasteiger partial charge in [-0.2, -0.15) is 11.8 Å².